The summed E-state index contributed by atoms with van der Waals surface area (Å²) < 4.78 is 0. The van der Waals surface area contributed by atoms with Crippen molar-refractivity contribution in [2.75, 3.05) is 6.54 Å². The molecular formula is C14H26N2O. The van der Waals surface area contributed by atoms with Gasteiger partial charge in [0, 0.05) is 25.0 Å². The van der Waals surface area contributed by atoms with Crippen molar-refractivity contribution in [2.45, 2.75) is 70.4 Å². The van der Waals surface area contributed by atoms with Gasteiger partial charge < -0.3 is 10.6 Å². The zero-order valence-electron chi connectivity index (χ0n) is 11.0. The Kier molecular flexibility index (Phi) is 4.43. The van der Waals surface area contributed by atoms with Gasteiger partial charge in [-0.05, 0) is 51.4 Å². The first-order chi connectivity index (χ1) is 8.16. The van der Waals surface area contributed by atoms with Gasteiger partial charge in [-0.25, -0.2) is 0 Å². The van der Waals surface area contributed by atoms with E-state index in [2.05, 4.69) is 11.8 Å². The van der Waals surface area contributed by atoms with Gasteiger partial charge in [-0.3, -0.25) is 4.79 Å². The number of hydrogen-bond acceptors (Lipinski definition) is 2. The number of nitrogens with two attached hydrogens (primary N) is 1. The maximum atomic E-state index is 12.3. The fourth-order valence-corrected chi connectivity index (χ4v) is 3.35. The molecule has 2 N–H and O–H groups in total. The lowest BCUT2D eigenvalue weighted by Gasteiger charge is -2.35. The number of hydrogen-bond donors (Lipinski definition) is 1. The number of nitrogens with zero attached hydrogens (tertiary/aromatic N) is 1. The van der Waals surface area contributed by atoms with Crippen molar-refractivity contribution in [2.24, 2.45) is 11.7 Å². The first-order valence-electron chi connectivity index (χ1n) is 7.22. The number of carbonyl (C=O) groups is 1. The molecule has 1 amide bonds. The van der Waals surface area contributed by atoms with E-state index in [-0.39, 0.29) is 0 Å². The van der Waals surface area contributed by atoms with E-state index in [1.165, 1.54) is 32.1 Å². The highest BCUT2D eigenvalue weighted by Gasteiger charge is 2.27. The van der Waals surface area contributed by atoms with Crippen molar-refractivity contribution in [1.29, 1.82) is 0 Å². The monoisotopic (exact) mass is 238 g/mol. The van der Waals surface area contributed by atoms with Crippen LogP contribution in [0.1, 0.15) is 58.3 Å². The van der Waals surface area contributed by atoms with Crippen LogP contribution in [0.2, 0.25) is 0 Å². The zero-order chi connectivity index (χ0) is 12.3. The predicted octanol–water partition coefficient (Wildman–Crippen LogP) is 2.29. The molecule has 1 saturated carbocycles. The van der Waals surface area contributed by atoms with Crippen LogP contribution in [0, 0.1) is 5.92 Å². The molecule has 0 bridgehead atoms. The van der Waals surface area contributed by atoms with Gasteiger partial charge in [0.2, 0.25) is 5.91 Å². The normalized spacial score (nSPS) is 34.7. The smallest absolute Gasteiger partial charge is 0.223 e. The van der Waals surface area contributed by atoms with E-state index in [1.54, 1.807) is 0 Å². The van der Waals surface area contributed by atoms with Gasteiger partial charge in [-0.1, -0.05) is 6.42 Å². The maximum Gasteiger partial charge on any atom is 0.223 e. The molecule has 98 valence electrons. The van der Waals surface area contributed by atoms with Crippen molar-refractivity contribution in [3.63, 3.8) is 0 Å². The van der Waals surface area contributed by atoms with Gasteiger partial charge in [0.25, 0.3) is 0 Å². The third-order valence-electron chi connectivity index (χ3n) is 4.41. The molecule has 0 aromatic carbocycles. The Labute approximate surface area is 105 Å². The minimum absolute atomic E-state index is 0.334. The Balaban J connectivity index is 1.83. The number of amides is 1. The predicted molar refractivity (Wildman–Crippen MR) is 69.6 cm³/mol. The summed E-state index contributed by atoms with van der Waals surface area (Å²) in [7, 11) is 0. The van der Waals surface area contributed by atoms with Crippen molar-refractivity contribution in [1.82, 2.24) is 4.90 Å². The van der Waals surface area contributed by atoms with Crippen LogP contribution in [0.5, 0.6) is 0 Å². The van der Waals surface area contributed by atoms with Crippen molar-refractivity contribution < 1.29 is 4.79 Å². The molecule has 3 heteroatoms. The van der Waals surface area contributed by atoms with E-state index in [9.17, 15) is 4.79 Å². The summed E-state index contributed by atoms with van der Waals surface area (Å²) in [5.41, 5.74) is 5.98. The van der Waals surface area contributed by atoms with Gasteiger partial charge in [0.05, 0.1) is 0 Å². The lowest BCUT2D eigenvalue weighted by molar-refractivity contribution is -0.135. The van der Waals surface area contributed by atoms with Gasteiger partial charge in [0.1, 0.15) is 0 Å². The molecule has 1 saturated heterocycles. The quantitative estimate of drug-likeness (QED) is 0.802. The van der Waals surface area contributed by atoms with Gasteiger partial charge in [-0.2, -0.15) is 0 Å². The van der Waals surface area contributed by atoms with Crippen molar-refractivity contribution in [3.05, 3.63) is 0 Å². The number of piperidine rings is 1. The van der Waals surface area contributed by atoms with Crippen molar-refractivity contribution >= 4 is 5.91 Å². The molecule has 0 aromatic rings. The van der Waals surface area contributed by atoms with Crippen LogP contribution in [0.4, 0.5) is 0 Å². The first-order valence-corrected chi connectivity index (χ1v) is 7.22. The van der Waals surface area contributed by atoms with E-state index in [0.29, 0.717) is 23.9 Å². The van der Waals surface area contributed by atoms with Gasteiger partial charge in [-0.15, -0.1) is 0 Å². The molecule has 2 aliphatic rings. The largest absolute Gasteiger partial charge is 0.340 e. The molecule has 3 nitrogen and oxygen atoms in total. The molecule has 1 aliphatic carbocycles. The number of rotatable bonds is 2. The molecule has 2 fully saturated rings. The summed E-state index contributed by atoms with van der Waals surface area (Å²) in [6.45, 7) is 3.16. The highest BCUT2D eigenvalue weighted by atomic mass is 16.2. The Hall–Kier alpha value is -0.570. The van der Waals surface area contributed by atoms with Crippen LogP contribution < -0.4 is 5.73 Å². The SMILES string of the molecule is CC1CCCCN1C(=O)CC1CCCC(N)C1. The highest BCUT2D eigenvalue weighted by molar-refractivity contribution is 5.76. The van der Waals surface area contributed by atoms with Crippen LogP contribution in [-0.4, -0.2) is 29.4 Å². The minimum atomic E-state index is 0.334. The third-order valence-corrected chi connectivity index (χ3v) is 4.41. The molecule has 1 heterocycles. The molecule has 3 unspecified atom stereocenters. The Bertz CT molecular complexity index is 267. The average molecular weight is 238 g/mol. The molecule has 17 heavy (non-hydrogen) atoms. The summed E-state index contributed by atoms with van der Waals surface area (Å²) in [4.78, 5) is 14.4. The van der Waals surface area contributed by atoms with E-state index >= 15 is 0 Å². The summed E-state index contributed by atoms with van der Waals surface area (Å²) in [6, 6.07) is 0.786. The van der Waals surface area contributed by atoms with E-state index in [1.807, 2.05) is 0 Å². The topological polar surface area (TPSA) is 46.3 Å². The molecule has 2 rings (SSSR count). The summed E-state index contributed by atoms with van der Waals surface area (Å²) >= 11 is 0. The van der Waals surface area contributed by atoms with Crippen molar-refractivity contribution in [3.8, 4) is 0 Å². The maximum absolute atomic E-state index is 12.3. The molecule has 0 radical (unpaired) electrons. The van der Waals surface area contributed by atoms with Crippen LogP contribution in [-0.2, 0) is 4.79 Å². The second-order valence-corrected chi connectivity index (χ2v) is 5.93. The summed E-state index contributed by atoms with van der Waals surface area (Å²) in [5, 5.41) is 0. The highest BCUT2D eigenvalue weighted by Crippen LogP contribution is 2.27. The second kappa shape index (κ2) is 5.85. The number of likely N-dealkylation sites (tertiary alicyclic amines) is 1. The minimum Gasteiger partial charge on any atom is -0.340 e. The van der Waals surface area contributed by atoms with Crippen LogP contribution in [0.25, 0.3) is 0 Å². The van der Waals surface area contributed by atoms with E-state index in [0.717, 1.165) is 25.8 Å². The van der Waals surface area contributed by atoms with Gasteiger partial charge in [0.15, 0.2) is 0 Å². The fourth-order valence-electron chi connectivity index (χ4n) is 3.35. The Morgan fingerprint density at radius 3 is 2.76 bits per heavy atom. The molecule has 1 aliphatic heterocycles. The lowest BCUT2D eigenvalue weighted by Crippen LogP contribution is -2.43. The van der Waals surface area contributed by atoms with Gasteiger partial charge >= 0.3 is 0 Å². The van der Waals surface area contributed by atoms with E-state index < -0.39 is 0 Å². The summed E-state index contributed by atoms with van der Waals surface area (Å²) in [5.74, 6) is 0.914. The average Bonchev–Trinajstić information content (AvgIpc) is 2.29. The Morgan fingerprint density at radius 1 is 1.24 bits per heavy atom. The Morgan fingerprint density at radius 2 is 2.06 bits per heavy atom. The summed E-state index contributed by atoms with van der Waals surface area (Å²) in [6.07, 6.45) is 8.96. The molecule has 3 atom stereocenters. The molecule has 0 spiro atoms. The second-order valence-electron chi connectivity index (χ2n) is 5.93. The standard InChI is InChI=1S/C14H26N2O/c1-11-5-2-3-8-16(11)14(17)10-12-6-4-7-13(15)9-12/h11-13H,2-10,15H2,1H3. The van der Waals surface area contributed by atoms with Crippen LogP contribution >= 0.6 is 0 Å². The van der Waals surface area contributed by atoms with E-state index in [4.69, 9.17) is 5.73 Å². The van der Waals surface area contributed by atoms with Crippen LogP contribution in [0.15, 0.2) is 0 Å². The third kappa shape index (κ3) is 3.44. The lowest BCUT2D eigenvalue weighted by atomic mass is 9.83. The molecular weight excluding hydrogens is 212 g/mol. The van der Waals surface area contributed by atoms with Crippen LogP contribution in [0.3, 0.4) is 0 Å². The zero-order valence-corrected chi connectivity index (χ0v) is 11.0. The molecule has 0 aromatic heterocycles. The first kappa shape index (κ1) is 12.9. The fraction of sp³-hybridized carbons (Fsp3) is 0.929. The number of carbonyl (C=O) groups excluding carboxylic acids is 1.